The van der Waals surface area contributed by atoms with Gasteiger partial charge < -0.3 is 15.5 Å². The van der Waals surface area contributed by atoms with Crippen LogP contribution >= 0.6 is 0 Å². The van der Waals surface area contributed by atoms with Crippen molar-refractivity contribution in [3.05, 3.63) is 53.9 Å². The van der Waals surface area contributed by atoms with Gasteiger partial charge in [-0.15, -0.1) is 0 Å². The lowest BCUT2D eigenvalue weighted by Crippen LogP contribution is -2.47. The maximum absolute atomic E-state index is 12.4. The first-order chi connectivity index (χ1) is 13.1. The highest BCUT2D eigenvalue weighted by atomic mass is 16.2. The highest BCUT2D eigenvalue weighted by Gasteiger charge is 2.27. The zero-order chi connectivity index (χ0) is 19.1. The average molecular weight is 369 g/mol. The monoisotopic (exact) mass is 369 g/mol. The molecule has 0 atom stereocenters. The summed E-state index contributed by atoms with van der Waals surface area (Å²) in [6.45, 7) is 5.00. The summed E-state index contributed by atoms with van der Waals surface area (Å²) in [5.41, 5.74) is 2.31. The molecule has 0 radical (unpaired) electrons. The van der Waals surface area contributed by atoms with Gasteiger partial charge in [-0.2, -0.15) is 5.10 Å². The van der Waals surface area contributed by atoms with Gasteiger partial charge in [0.25, 0.3) is 0 Å². The van der Waals surface area contributed by atoms with E-state index in [9.17, 15) is 9.59 Å². The van der Waals surface area contributed by atoms with E-state index in [1.165, 1.54) is 5.56 Å². The first-order valence-electron chi connectivity index (χ1n) is 9.45. The lowest BCUT2D eigenvalue weighted by molar-refractivity contribution is -0.126. The minimum absolute atomic E-state index is 0.0245. The standard InChI is InChI=1S/C20H27N5O2/c1-16-3-5-17(6-4-16)15-22-19(26)18-7-12-24(13-8-18)20(27)21-10-14-25-11-2-9-23-25/h2-6,9,11,18H,7-8,10,12-15H2,1H3,(H,21,27)(H,22,26). The van der Waals surface area contributed by atoms with Crippen LogP contribution in [-0.2, 0) is 17.9 Å². The van der Waals surface area contributed by atoms with E-state index >= 15 is 0 Å². The van der Waals surface area contributed by atoms with Gasteiger partial charge in [-0.05, 0) is 31.4 Å². The quantitative estimate of drug-likeness (QED) is 0.817. The molecule has 1 aliphatic rings. The SMILES string of the molecule is Cc1ccc(CNC(=O)C2CCN(C(=O)NCCn3cccn3)CC2)cc1. The Morgan fingerprint density at radius 1 is 1.15 bits per heavy atom. The van der Waals surface area contributed by atoms with Crippen LogP contribution in [0, 0.1) is 12.8 Å². The Bertz CT molecular complexity index is 734. The van der Waals surface area contributed by atoms with Crippen LogP contribution in [0.15, 0.2) is 42.7 Å². The molecule has 7 nitrogen and oxygen atoms in total. The van der Waals surface area contributed by atoms with Crippen LogP contribution in [0.3, 0.4) is 0 Å². The third kappa shape index (κ3) is 5.57. The van der Waals surface area contributed by atoms with Crippen LogP contribution < -0.4 is 10.6 Å². The van der Waals surface area contributed by atoms with Gasteiger partial charge in [0, 0.05) is 44.5 Å². The molecule has 1 saturated heterocycles. The summed E-state index contributed by atoms with van der Waals surface area (Å²) in [5, 5.41) is 10.0. The molecule has 0 unspecified atom stereocenters. The maximum Gasteiger partial charge on any atom is 0.317 e. The average Bonchev–Trinajstić information content (AvgIpc) is 3.21. The molecule has 0 aliphatic carbocycles. The number of benzene rings is 1. The van der Waals surface area contributed by atoms with Crippen molar-refractivity contribution < 1.29 is 9.59 Å². The fraction of sp³-hybridized carbons (Fsp3) is 0.450. The van der Waals surface area contributed by atoms with Gasteiger partial charge in [0.05, 0.1) is 6.54 Å². The highest BCUT2D eigenvalue weighted by molar-refractivity contribution is 5.79. The number of rotatable bonds is 6. The van der Waals surface area contributed by atoms with Gasteiger partial charge in [-0.25, -0.2) is 4.79 Å². The van der Waals surface area contributed by atoms with Crippen molar-refractivity contribution in [3.8, 4) is 0 Å². The normalized spacial score (nSPS) is 14.8. The van der Waals surface area contributed by atoms with E-state index in [1.54, 1.807) is 15.8 Å². The summed E-state index contributed by atoms with van der Waals surface area (Å²) in [5.74, 6) is 0.0536. The zero-order valence-corrected chi connectivity index (χ0v) is 15.7. The number of likely N-dealkylation sites (tertiary alicyclic amines) is 1. The van der Waals surface area contributed by atoms with E-state index in [1.807, 2.05) is 43.5 Å². The van der Waals surface area contributed by atoms with Crippen LogP contribution in [0.1, 0.15) is 24.0 Å². The van der Waals surface area contributed by atoms with Gasteiger partial charge in [0.15, 0.2) is 0 Å². The molecule has 144 valence electrons. The molecule has 2 N–H and O–H groups in total. The highest BCUT2D eigenvalue weighted by Crippen LogP contribution is 2.17. The zero-order valence-electron chi connectivity index (χ0n) is 15.7. The van der Waals surface area contributed by atoms with E-state index in [0.29, 0.717) is 45.6 Å². The minimum Gasteiger partial charge on any atom is -0.352 e. The number of hydrogen-bond acceptors (Lipinski definition) is 3. The van der Waals surface area contributed by atoms with Crippen molar-refractivity contribution in [3.63, 3.8) is 0 Å². The number of amides is 3. The lowest BCUT2D eigenvalue weighted by atomic mass is 9.96. The largest absolute Gasteiger partial charge is 0.352 e. The first-order valence-corrected chi connectivity index (χ1v) is 9.45. The summed E-state index contributed by atoms with van der Waals surface area (Å²) in [6, 6.07) is 9.95. The van der Waals surface area contributed by atoms with E-state index in [2.05, 4.69) is 15.7 Å². The lowest BCUT2D eigenvalue weighted by Gasteiger charge is -2.31. The third-order valence-corrected chi connectivity index (χ3v) is 4.92. The first kappa shape index (κ1) is 18.9. The molecule has 3 rings (SSSR count). The molecule has 1 aliphatic heterocycles. The van der Waals surface area contributed by atoms with E-state index in [-0.39, 0.29) is 17.9 Å². The molecule has 1 aromatic heterocycles. The molecule has 1 aromatic carbocycles. The molecule has 0 bridgehead atoms. The second kappa shape index (κ2) is 9.21. The van der Waals surface area contributed by atoms with Gasteiger partial charge in [0.1, 0.15) is 0 Å². The van der Waals surface area contributed by atoms with Crippen molar-refractivity contribution in [2.45, 2.75) is 32.9 Å². The Morgan fingerprint density at radius 2 is 1.89 bits per heavy atom. The van der Waals surface area contributed by atoms with Crippen molar-refractivity contribution in [1.29, 1.82) is 0 Å². The third-order valence-electron chi connectivity index (χ3n) is 4.92. The predicted molar refractivity (Wildman–Crippen MR) is 103 cm³/mol. The van der Waals surface area contributed by atoms with Crippen molar-refractivity contribution in [2.75, 3.05) is 19.6 Å². The topological polar surface area (TPSA) is 79.3 Å². The summed E-state index contributed by atoms with van der Waals surface area (Å²) in [7, 11) is 0. The Labute approximate surface area is 159 Å². The number of carbonyl (C=O) groups excluding carboxylic acids is 2. The van der Waals surface area contributed by atoms with Crippen molar-refractivity contribution >= 4 is 11.9 Å². The molecule has 27 heavy (non-hydrogen) atoms. The van der Waals surface area contributed by atoms with Gasteiger partial charge in [-0.3, -0.25) is 9.48 Å². The maximum atomic E-state index is 12.4. The molecular weight excluding hydrogens is 342 g/mol. The Kier molecular flexibility index (Phi) is 6.46. The van der Waals surface area contributed by atoms with E-state index in [4.69, 9.17) is 0 Å². The molecule has 0 saturated carbocycles. The fourth-order valence-electron chi connectivity index (χ4n) is 3.21. The van der Waals surface area contributed by atoms with Crippen LogP contribution in [0.25, 0.3) is 0 Å². The van der Waals surface area contributed by atoms with E-state index in [0.717, 1.165) is 5.56 Å². The Hall–Kier alpha value is -2.83. The summed E-state index contributed by atoms with van der Waals surface area (Å²) < 4.78 is 1.78. The number of urea groups is 1. The van der Waals surface area contributed by atoms with Crippen molar-refractivity contribution in [1.82, 2.24) is 25.3 Å². The summed E-state index contributed by atoms with van der Waals surface area (Å²) in [6.07, 6.45) is 4.99. The van der Waals surface area contributed by atoms with Crippen LogP contribution in [0.5, 0.6) is 0 Å². The van der Waals surface area contributed by atoms with Gasteiger partial charge >= 0.3 is 6.03 Å². The molecule has 2 aromatic rings. The number of aryl methyl sites for hydroxylation is 1. The number of nitrogens with zero attached hydrogens (tertiary/aromatic N) is 3. The number of aromatic nitrogens is 2. The van der Waals surface area contributed by atoms with Gasteiger partial charge in [0.2, 0.25) is 5.91 Å². The van der Waals surface area contributed by atoms with Gasteiger partial charge in [-0.1, -0.05) is 29.8 Å². The Morgan fingerprint density at radius 3 is 2.56 bits per heavy atom. The van der Waals surface area contributed by atoms with Crippen LogP contribution in [-0.4, -0.2) is 46.3 Å². The number of nitrogens with one attached hydrogen (secondary N) is 2. The van der Waals surface area contributed by atoms with Crippen molar-refractivity contribution in [2.24, 2.45) is 5.92 Å². The second-order valence-corrected chi connectivity index (χ2v) is 6.97. The van der Waals surface area contributed by atoms with Crippen LogP contribution in [0.4, 0.5) is 4.79 Å². The predicted octanol–water partition coefficient (Wildman–Crippen LogP) is 1.93. The fourth-order valence-corrected chi connectivity index (χ4v) is 3.21. The molecule has 2 heterocycles. The molecule has 7 heteroatoms. The smallest absolute Gasteiger partial charge is 0.317 e. The molecule has 1 fully saturated rings. The number of piperidine rings is 1. The van der Waals surface area contributed by atoms with E-state index < -0.39 is 0 Å². The van der Waals surface area contributed by atoms with Crippen LogP contribution in [0.2, 0.25) is 0 Å². The second-order valence-electron chi connectivity index (χ2n) is 6.97. The molecule has 0 spiro atoms. The summed E-state index contributed by atoms with van der Waals surface area (Å²) in [4.78, 5) is 26.4. The molecular formula is C20H27N5O2. The Balaban J connectivity index is 1.35. The molecule has 3 amide bonds. The minimum atomic E-state index is -0.0688. The number of carbonyl (C=O) groups is 2. The number of hydrogen-bond donors (Lipinski definition) is 2. The summed E-state index contributed by atoms with van der Waals surface area (Å²) >= 11 is 0.